The molecule has 154 valence electrons. The van der Waals surface area contributed by atoms with Gasteiger partial charge in [0, 0.05) is 22.5 Å². The standard InChI is InChI=1S/C23H22N2O4S/c1-15-10-16(2)12-18(11-15)25(30(3,27)28)14-23(26)24-17-8-9-20-19-6-4-5-7-21(19)29-22(20)13-17/h4-13H,14H2,1-3H3,(H,24,26). The summed E-state index contributed by atoms with van der Waals surface area (Å²) in [5.74, 6) is -0.435. The molecule has 3 aromatic carbocycles. The zero-order valence-corrected chi connectivity index (χ0v) is 17.8. The first kappa shape index (κ1) is 20.0. The number of para-hydroxylation sites is 1. The molecule has 4 rings (SSSR count). The van der Waals surface area contributed by atoms with Crippen LogP contribution < -0.4 is 9.62 Å². The quantitative estimate of drug-likeness (QED) is 0.509. The van der Waals surface area contributed by atoms with E-state index in [1.54, 1.807) is 24.3 Å². The predicted molar refractivity (Wildman–Crippen MR) is 120 cm³/mol. The van der Waals surface area contributed by atoms with Crippen molar-refractivity contribution in [3.8, 4) is 0 Å². The Morgan fingerprint density at radius 3 is 2.30 bits per heavy atom. The summed E-state index contributed by atoms with van der Waals surface area (Å²) in [7, 11) is -3.64. The highest BCUT2D eigenvalue weighted by atomic mass is 32.2. The van der Waals surface area contributed by atoms with E-state index in [9.17, 15) is 13.2 Å². The third kappa shape index (κ3) is 4.02. The average Bonchev–Trinajstić information content (AvgIpc) is 3.02. The highest BCUT2D eigenvalue weighted by molar-refractivity contribution is 7.92. The molecular formula is C23H22N2O4S. The Labute approximate surface area is 175 Å². The Hall–Kier alpha value is -3.32. The fraction of sp³-hybridized carbons (Fsp3) is 0.174. The van der Waals surface area contributed by atoms with Crippen LogP contribution in [0.1, 0.15) is 11.1 Å². The Kier molecular flexibility index (Phi) is 4.99. The molecular weight excluding hydrogens is 400 g/mol. The summed E-state index contributed by atoms with van der Waals surface area (Å²) >= 11 is 0. The van der Waals surface area contributed by atoms with Gasteiger partial charge in [-0.15, -0.1) is 0 Å². The van der Waals surface area contributed by atoms with Crippen LogP contribution in [0.4, 0.5) is 11.4 Å². The molecule has 0 aliphatic rings. The van der Waals surface area contributed by atoms with Gasteiger partial charge in [-0.05, 0) is 55.3 Å². The first-order valence-corrected chi connectivity index (χ1v) is 11.3. The van der Waals surface area contributed by atoms with E-state index in [2.05, 4.69) is 5.32 Å². The van der Waals surface area contributed by atoms with Gasteiger partial charge < -0.3 is 9.73 Å². The van der Waals surface area contributed by atoms with Crippen LogP contribution in [-0.4, -0.2) is 27.1 Å². The third-order valence-electron chi connectivity index (χ3n) is 4.84. The molecule has 30 heavy (non-hydrogen) atoms. The number of rotatable bonds is 5. The largest absolute Gasteiger partial charge is 0.456 e. The van der Waals surface area contributed by atoms with Crippen molar-refractivity contribution in [1.29, 1.82) is 0 Å². The minimum absolute atomic E-state index is 0.320. The lowest BCUT2D eigenvalue weighted by Crippen LogP contribution is -2.37. The zero-order chi connectivity index (χ0) is 21.5. The van der Waals surface area contributed by atoms with E-state index in [1.165, 1.54) is 0 Å². The van der Waals surface area contributed by atoms with E-state index in [0.717, 1.165) is 38.0 Å². The SMILES string of the molecule is Cc1cc(C)cc(N(CC(=O)Nc2ccc3c(c2)oc2ccccc23)S(C)(=O)=O)c1. The number of hydrogen-bond donors (Lipinski definition) is 1. The first-order valence-electron chi connectivity index (χ1n) is 9.48. The van der Waals surface area contributed by atoms with E-state index in [4.69, 9.17) is 4.42 Å². The number of nitrogens with zero attached hydrogens (tertiary/aromatic N) is 1. The molecule has 7 heteroatoms. The van der Waals surface area contributed by atoms with E-state index in [-0.39, 0.29) is 6.54 Å². The molecule has 0 atom stereocenters. The average molecular weight is 423 g/mol. The second-order valence-electron chi connectivity index (χ2n) is 7.47. The van der Waals surface area contributed by atoms with Crippen molar-refractivity contribution in [2.75, 3.05) is 22.4 Å². The molecule has 0 bridgehead atoms. The number of furan rings is 1. The summed E-state index contributed by atoms with van der Waals surface area (Å²) in [6, 6.07) is 18.6. The van der Waals surface area contributed by atoms with Gasteiger partial charge in [0.2, 0.25) is 15.9 Å². The first-order chi connectivity index (χ1) is 14.2. The number of fused-ring (bicyclic) bond motifs is 3. The number of sulfonamides is 1. The van der Waals surface area contributed by atoms with E-state index >= 15 is 0 Å². The van der Waals surface area contributed by atoms with E-state index in [0.29, 0.717) is 17.0 Å². The molecule has 0 unspecified atom stereocenters. The van der Waals surface area contributed by atoms with Crippen molar-refractivity contribution in [3.63, 3.8) is 0 Å². The Morgan fingerprint density at radius 1 is 0.933 bits per heavy atom. The molecule has 1 heterocycles. The molecule has 1 aromatic heterocycles. The minimum Gasteiger partial charge on any atom is -0.456 e. The fourth-order valence-corrected chi connectivity index (χ4v) is 4.47. The van der Waals surface area contributed by atoms with Crippen LogP contribution >= 0.6 is 0 Å². The van der Waals surface area contributed by atoms with Crippen LogP contribution in [0.3, 0.4) is 0 Å². The monoisotopic (exact) mass is 422 g/mol. The van der Waals surface area contributed by atoms with Crippen LogP contribution in [0.5, 0.6) is 0 Å². The van der Waals surface area contributed by atoms with Gasteiger partial charge in [0.05, 0.1) is 11.9 Å². The van der Waals surface area contributed by atoms with Crippen molar-refractivity contribution in [2.24, 2.45) is 0 Å². The Morgan fingerprint density at radius 2 is 1.60 bits per heavy atom. The second-order valence-corrected chi connectivity index (χ2v) is 9.38. The summed E-state index contributed by atoms with van der Waals surface area (Å²) < 4.78 is 31.7. The lowest BCUT2D eigenvalue weighted by atomic mass is 10.1. The number of anilines is 2. The maximum absolute atomic E-state index is 12.7. The minimum atomic E-state index is -3.64. The molecule has 6 nitrogen and oxygen atoms in total. The van der Waals surface area contributed by atoms with Crippen molar-refractivity contribution >= 4 is 49.2 Å². The summed E-state index contributed by atoms with van der Waals surface area (Å²) in [4.78, 5) is 12.7. The molecule has 0 fully saturated rings. The molecule has 0 radical (unpaired) electrons. The number of benzene rings is 3. The van der Waals surface area contributed by atoms with Crippen LogP contribution in [0.25, 0.3) is 21.9 Å². The van der Waals surface area contributed by atoms with E-state index < -0.39 is 15.9 Å². The molecule has 1 N–H and O–H groups in total. The third-order valence-corrected chi connectivity index (χ3v) is 5.99. The smallest absolute Gasteiger partial charge is 0.245 e. The van der Waals surface area contributed by atoms with Gasteiger partial charge in [-0.1, -0.05) is 24.3 Å². The summed E-state index contributed by atoms with van der Waals surface area (Å²) in [5.41, 5.74) is 4.29. The zero-order valence-electron chi connectivity index (χ0n) is 17.0. The van der Waals surface area contributed by atoms with Crippen LogP contribution in [0.2, 0.25) is 0 Å². The maximum atomic E-state index is 12.7. The van der Waals surface area contributed by atoms with E-state index in [1.807, 2.05) is 50.2 Å². The molecule has 0 saturated heterocycles. The fourth-order valence-electron chi connectivity index (χ4n) is 3.63. The number of aryl methyl sites for hydroxylation is 2. The van der Waals surface area contributed by atoms with Gasteiger partial charge in [-0.25, -0.2) is 8.42 Å². The highest BCUT2D eigenvalue weighted by Gasteiger charge is 2.21. The van der Waals surface area contributed by atoms with Crippen molar-refractivity contribution in [1.82, 2.24) is 0 Å². The number of carbonyl (C=O) groups excluding carboxylic acids is 1. The highest BCUT2D eigenvalue weighted by Crippen LogP contribution is 2.30. The van der Waals surface area contributed by atoms with Gasteiger partial charge >= 0.3 is 0 Å². The van der Waals surface area contributed by atoms with Crippen LogP contribution in [-0.2, 0) is 14.8 Å². The molecule has 0 aliphatic carbocycles. The normalized spacial score (nSPS) is 11.7. The molecule has 1 amide bonds. The van der Waals surface area contributed by atoms with Crippen molar-refractivity contribution in [3.05, 3.63) is 71.8 Å². The molecule has 0 saturated carbocycles. The molecule has 0 spiro atoms. The van der Waals surface area contributed by atoms with Crippen LogP contribution in [0.15, 0.2) is 65.1 Å². The number of carbonyl (C=O) groups is 1. The summed E-state index contributed by atoms with van der Waals surface area (Å²) in [6.07, 6.45) is 1.10. The van der Waals surface area contributed by atoms with Gasteiger partial charge in [0.1, 0.15) is 17.7 Å². The second kappa shape index (κ2) is 7.50. The predicted octanol–water partition coefficient (Wildman–Crippen LogP) is 4.61. The van der Waals surface area contributed by atoms with Gasteiger partial charge in [0.25, 0.3) is 0 Å². The lowest BCUT2D eigenvalue weighted by Gasteiger charge is -2.22. The van der Waals surface area contributed by atoms with Crippen LogP contribution in [0, 0.1) is 13.8 Å². The maximum Gasteiger partial charge on any atom is 0.245 e. The van der Waals surface area contributed by atoms with Gasteiger partial charge in [0.15, 0.2) is 0 Å². The Balaban J connectivity index is 1.59. The molecule has 0 aliphatic heterocycles. The van der Waals surface area contributed by atoms with Gasteiger partial charge in [-0.2, -0.15) is 0 Å². The topological polar surface area (TPSA) is 79.6 Å². The van der Waals surface area contributed by atoms with Crippen molar-refractivity contribution in [2.45, 2.75) is 13.8 Å². The summed E-state index contributed by atoms with van der Waals surface area (Å²) in [5, 5.41) is 4.73. The molecule has 4 aromatic rings. The lowest BCUT2D eigenvalue weighted by molar-refractivity contribution is -0.114. The van der Waals surface area contributed by atoms with Crippen molar-refractivity contribution < 1.29 is 17.6 Å². The number of hydrogen-bond acceptors (Lipinski definition) is 4. The number of amides is 1. The number of nitrogens with one attached hydrogen (secondary N) is 1. The summed E-state index contributed by atoms with van der Waals surface area (Å²) in [6.45, 7) is 3.46. The van der Waals surface area contributed by atoms with Gasteiger partial charge in [-0.3, -0.25) is 9.10 Å². The Bertz CT molecular complexity index is 1350.